The lowest BCUT2D eigenvalue weighted by molar-refractivity contribution is 0.0600. The molecular formula is C24H24N2O4S. The van der Waals surface area contributed by atoms with Crippen molar-refractivity contribution in [1.29, 1.82) is 0 Å². The van der Waals surface area contributed by atoms with Gasteiger partial charge in [-0.25, -0.2) is 10.2 Å². The lowest BCUT2D eigenvalue weighted by Gasteiger charge is -2.19. The number of carbonyl (C=O) groups excluding carboxylic acids is 2. The Hall–Kier alpha value is -3.45. The summed E-state index contributed by atoms with van der Waals surface area (Å²) in [5, 5.41) is 16.3. The van der Waals surface area contributed by atoms with Crippen molar-refractivity contribution in [3.05, 3.63) is 76.2 Å². The first kappa shape index (κ1) is 22.2. The van der Waals surface area contributed by atoms with Gasteiger partial charge in [0.15, 0.2) is 0 Å². The molecule has 31 heavy (non-hydrogen) atoms. The molecule has 1 heterocycles. The molecule has 7 heteroatoms. The number of ether oxygens (including phenoxy) is 1. The highest BCUT2D eigenvalue weighted by Crippen LogP contribution is 2.38. The number of thiophene rings is 1. The molecule has 0 saturated heterocycles. The molecule has 0 aliphatic rings. The molecule has 1 amide bonds. The fourth-order valence-electron chi connectivity index (χ4n) is 2.88. The van der Waals surface area contributed by atoms with Crippen LogP contribution in [0.4, 0.5) is 0 Å². The Morgan fingerprint density at radius 2 is 1.65 bits per heavy atom. The van der Waals surface area contributed by atoms with E-state index >= 15 is 0 Å². The first-order valence-electron chi connectivity index (χ1n) is 9.64. The van der Waals surface area contributed by atoms with E-state index in [-0.39, 0.29) is 11.2 Å². The molecule has 0 radical (unpaired) electrons. The molecule has 0 saturated carbocycles. The van der Waals surface area contributed by atoms with E-state index in [0.29, 0.717) is 16.7 Å². The zero-order valence-corrected chi connectivity index (χ0v) is 18.6. The van der Waals surface area contributed by atoms with Gasteiger partial charge in [0.25, 0.3) is 5.91 Å². The molecule has 2 N–H and O–H groups in total. The predicted octanol–water partition coefficient (Wildman–Crippen LogP) is 4.97. The van der Waals surface area contributed by atoms with E-state index in [1.54, 1.807) is 5.38 Å². The molecule has 160 valence electrons. The number of nitrogens with one attached hydrogen (secondary N) is 1. The number of aromatic hydroxyl groups is 1. The molecule has 0 spiro atoms. The molecule has 1 aromatic heterocycles. The van der Waals surface area contributed by atoms with E-state index in [1.807, 2.05) is 12.1 Å². The van der Waals surface area contributed by atoms with Gasteiger partial charge < -0.3 is 9.84 Å². The Balaban J connectivity index is 1.68. The summed E-state index contributed by atoms with van der Waals surface area (Å²) in [5.41, 5.74) is 5.84. The molecule has 0 bridgehead atoms. The van der Waals surface area contributed by atoms with Gasteiger partial charge in [0.1, 0.15) is 5.75 Å². The second kappa shape index (κ2) is 9.14. The third kappa shape index (κ3) is 5.19. The number of hydrogen-bond acceptors (Lipinski definition) is 6. The van der Waals surface area contributed by atoms with Crippen LogP contribution in [-0.2, 0) is 10.2 Å². The summed E-state index contributed by atoms with van der Waals surface area (Å²) < 4.78 is 4.63. The average molecular weight is 437 g/mol. The number of amides is 1. The summed E-state index contributed by atoms with van der Waals surface area (Å²) in [6.45, 7) is 6.46. The number of rotatable bonds is 5. The first-order valence-corrected chi connectivity index (χ1v) is 10.5. The smallest absolute Gasteiger partial charge is 0.337 e. The van der Waals surface area contributed by atoms with Crippen molar-refractivity contribution in [2.24, 2.45) is 5.10 Å². The van der Waals surface area contributed by atoms with E-state index in [2.05, 4.69) is 48.2 Å². The molecule has 2 aromatic carbocycles. The van der Waals surface area contributed by atoms with Crippen molar-refractivity contribution in [2.75, 3.05) is 7.11 Å². The number of hydrogen-bond donors (Lipinski definition) is 2. The Labute approximate surface area is 185 Å². The molecular weight excluding hydrogens is 412 g/mol. The summed E-state index contributed by atoms with van der Waals surface area (Å²) in [7, 11) is 1.30. The maximum Gasteiger partial charge on any atom is 0.337 e. The van der Waals surface area contributed by atoms with Gasteiger partial charge in [0.05, 0.1) is 23.8 Å². The number of nitrogens with zero attached hydrogens (tertiary/aromatic N) is 1. The summed E-state index contributed by atoms with van der Waals surface area (Å²) in [6, 6.07) is 14.2. The van der Waals surface area contributed by atoms with Crippen LogP contribution >= 0.6 is 11.3 Å². The van der Waals surface area contributed by atoms with E-state index in [1.165, 1.54) is 54.5 Å². The van der Waals surface area contributed by atoms with Gasteiger partial charge in [-0.3, -0.25) is 4.79 Å². The standard InChI is InChI=1S/C24H24N2O4S/c1-24(2,3)19-11-9-15(10-12-19)21-20(27)18(14-31-21)13-25-26-22(28)16-5-7-17(8-6-16)23(29)30-4/h5-14,27H,1-4H3,(H,26,28). The van der Waals surface area contributed by atoms with Crippen LogP contribution in [0.5, 0.6) is 5.75 Å². The summed E-state index contributed by atoms with van der Waals surface area (Å²) in [6.07, 6.45) is 1.40. The van der Waals surface area contributed by atoms with E-state index < -0.39 is 11.9 Å². The Bertz CT molecular complexity index is 1110. The third-order valence-electron chi connectivity index (χ3n) is 4.74. The maximum absolute atomic E-state index is 12.2. The average Bonchev–Trinajstić information content (AvgIpc) is 3.13. The predicted molar refractivity (Wildman–Crippen MR) is 123 cm³/mol. The van der Waals surface area contributed by atoms with Gasteiger partial charge in [-0.2, -0.15) is 5.10 Å². The van der Waals surface area contributed by atoms with E-state index in [9.17, 15) is 14.7 Å². The molecule has 6 nitrogen and oxygen atoms in total. The van der Waals surface area contributed by atoms with Gasteiger partial charge in [-0.1, -0.05) is 45.0 Å². The van der Waals surface area contributed by atoms with Crippen LogP contribution < -0.4 is 5.43 Å². The zero-order valence-electron chi connectivity index (χ0n) is 17.8. The van der Waals surface area contributed by atoms with Gasteiger partial charge in [0, 0.05) is 16.5 Å². The largest absolute Gasteiger partial charge is 0.506 e. The summed E-state index contributed by atoms with van der Waals surface area (Å²) in [5.74, 6) is -0.781. The first-order chi connectivity index (χ1) is 14.7. The van der Waals surface area contributed by atoms with Crippen molar-refractivity contribution < 1.29 is 19.4 Å². The highest BCUT2D eigenvalue weighted by atomic mass is 32.1. The quantitative estimate of drug-likeness (QED) is 0.336. The van der Waals surface area contributed by atoms with Crippen molar-refractivity contribution in [2.45, 2.75) is 26.2 Å². The normalized spacial score (nSPS) is 11.5. The Morgan fingerprint density at radius 1 is 1.03 bits per heavy atom. The molecule has 3 rings (SSSR count). The van der Waals surface area contributed by atoms with Crippen LogP contribution in [0, 0.1) is 0 Å². The van der Waals surface area contributed by atoms with Gasteiger partial charge >= 0.3 is 5.97 Å². The van der Waals surface area contributed by atoms with Crippen molar-refractivity contribution in [3.8, 4) is 16.2 Å². The van der Waals surface area contributed by atoms with E-state index in [4.69, 9.17) is 0 Å². The fourth-order valence-corrected chi connectivity index (χ4v) is 3.80. The second-order valence-electron chi connectivity index (χ2n) is 7.96. The Kier molecular flexibility index (Phi) is 6.56. The number of hydrazone groups is 1. The Morgan fingerprint density at radius 3 is 2.23 bits per heavy atom. The summed E-state index contributed by atoms with van der Waals surface area (Å²) in [4.78, 5) is 24.4. The molecule has 3 aromatic rings. The number of methoxy groups -OCH3 is 1. The molecule has 0 fully saturated rings. The minimum atomic E-state index is -0.471. The van der Waals surface area contributed by atoms with Crippen molar-refractivity contribution in [3.63, 3.8) is 0 Å². The van der Waals surface area contributed by atoms with Gasteiger partial charge in [-0.15, -0.1) is 11.3 Å². The highest BCUT2D eigenvalue weighted by Gasteiger charge is 2.15. The van der Waals surface area contributed by atoms with Gasteiger partial charge in [-0.05, 0) is 40.8 Å². The molecule has 0 aliphatic heterocycles. The van der Waals surface area contributed by atoms with Crippen LogP contribution in [0.3, 0.4) is 0 Å². The monoisotopic (exact) mass is 436 g/mol. The minimum absolute atomic E-state index is 0.0612. The van der Waals surface area contributed by atoms with Crippen molar-refractivity contribution >= 4 is 29.4 Å². The van der Waals surface area contributed by atoms with Crippen LogP contribution in [0.1, 0.15) is 52.6 Å². The maximum atomic E-state index is 12.2. The lowest BCUT2D eigenvalue weighted by atomic mass is 9.86. The van der Waals surface area contributed by atoms with Crippen molar-refractivity contribution in [1.82, 2.24) is 5.43 Å². The third-order valence-corrected chi connectivity index (χ3v) is 5.78. The van der Waals surface area contributed by atoms with Crippen LogP contribution in [0.25, 0.3) is 10.4 Å². The molecule has 0 unspecified atom stereocenters. The SMILES string of the molecule is COC(=O)c1ccc(C(=O)NN=Cc2csc(-c3ccc(C(C)(C)C)cc3)c2O)cc1. The second-order valence-corrected chi connectivity index (χ2v) is 8.84. The molecule has 0 aliphatic carbocycles. The van der Waals surface area contributed by atoms with Gasteiger partial charge in [0.2, 0.25) is 0 Å². The number of carbonyl (C=O) groups is 2. The number of esters is 1. The zero-order chi connectivity index (χ0) is 22.6. The fraction of sp³-hybridized carbons (Fsp3) is 0.208. The number of benzene rings is 2. The lowest BCUT2D eigenvalue weighted by Crippen LogP contribution is -2.17. The molecule has 0 atom stereocenters. The summed E-state index contributed by atoms with van der Waals surface area (Å²) >= 11 is 1.41. The van der Waals surface area contributed by atoms with Crippen LogP contribution in [0.15, 0.2) is 59.0 Å². The highest BCUT2D eigenvalue weighted by molar-refractivity contribution is 7.14. The van der Waals surface area contributed by atoms with Crippen LogP contribution in [0.2, 0.25) is 0 Å². The topological polar surface area (TPSA) is 88.0 Å². The minimum Gasteiger partial charge on any atom is -0.506 e. The van der Waals surface area contributed by atoms with E-state index in [0.717, 1.165) is 10.4 Å². The van der Waals surface area contributed by atoms with Crippen LogP contribution in [-0.4, -0.2) is 30.3 Å².